The van der Waals surface area contributed by atoms with E-state index in [-0.39, 0.29) is 11.7 Å². The van der Waals surface area contributed by atoms with E-state index in [0.29, 0.717) is 37.9 Å². The first-order valence-electron chi connectivity index (χ1n) is 7.89. The zero-order chi connectivity index (χ0) is 17.2. The highest BCUT2D eigenvalue weighted by Crippen LogP contribution is 2.24. The van der Waals surface area contributed by atoms with Crippen LogP contribution in [0.25, 0.3) is 0 Å². The number of aliphatic hydroxyl groups is 1. The molecule has 1 aliphatic rings. The second-order valence-corrected chi connectivity index (χ2v) is 7.70. The molecule has 0 spiro atoms. The predicted molar refractivity (Wildman–Crippen MR) is 91.0 cm³/mol. The van der Waals surface area contributed by atoms with Crippen LogP contribution >= 0.6 is 0 Å². The van der Waals surface area contributed by atoms with E-state index >= 15 is 0 Å². The summed E-state index contributed by atoms with van der Waals surface area (Å²) in [4.78, 5) is 14.4. The van der Waals surface area contributed by atoms with Crippen molar-refractivity contribution in [1.29, 1.82) is 0 Å². The first-order chi connectivity index (χ1) is 10.7. The maximum Gasteiger partial charge on any atom is 0.253 e. The fourth-order valence-electron chi connectivity index (χ4n) is 3.07. The molecule has 2 N–H and O–H groups in total. The van der Waals surface area contributed by atoms with Gasteiger partial charge in [-0.25, -0.2) is 4.21 Å². The van der Waals surface area contributed by atoms with E-state index in [1.165, 1.54) is 0 Å². The number of hydrogen-bond acceptors (Lipinski definition) is 3. The van der Waals surface area contributed by atoms with Crippen molar-refractivity contribution in [3.8, 4) is 0 Å². The number of carbonyl (C=O) groups is 1. The van der Waals surface area contributed by atoms with Gasteiger partial charge in [0.2, 0.25) is 0 Å². The average Bonchev–Trinajstić information content (AvgIpc) is 2.45. The monoisotopic (exact) mass is 339 g/mol. The summed E-state index contributed by atoms with van der Waals surface area (Å²) in [5.74, 6) is 0.194. The molecule has 6 heteroatoms. The minimum Gasteiger partial charge on any atom is -0.390 e. The van der Waals surface area contributed by atoms with Gasteiger partial charge in [0.25, 0.3) is 5.91 Å². The van der Waals surface area contributed by atoms with E-state index < -0.39 is 16.7 Å². The summed E-state index contributed by atoms with van der Waals surface area (Å²) in [5, 5.41) is 9.99. The molecule has 1 amide bonds. The van der Waals surface area contributed by atoms with E-state index in [1.807, 2.05) is 32.9 Å². The maximum absolute atomic E-state index is 12.6. The Bertz CT molecular complexity index is 594. The van der Waals surface area contributed by atoms with Crippen molar-refractivity contribution in [2.75, 3.05) is 18.8 Å². The lowest BCUT2D eigenvalue weighted by Crippen LogP contribution is -2.45. The normalized spacial score (nSPS) is 18.7. The van der Waals surface area contributed by atoms with Crippen molar-refractivity contribution in [3.63, 3.8) is 0 Å². The van der Waals surface area contributed by atoms with E-state index in [9.17, 15) is 14.1 Å². The number of benzene rings is 1. The van der Waals surface area contributed by atoms with E-state index in [4.69, 9.17) is 4.55 Å². The molecule has 1 saturated heterocycles. The second-order valence-electron chi connectivity index (χ2n) is 6.65. The molecule has 1 atom stereocenters. The summed E-state index contributed by atoms with van der Waals surface area (Å²) >= 11 is -1.81. The Kier molecular flexibility index (Phi) is 5.60. The summed E-state index contributed by atoms with van der Waals surface area (Å²) in [6.45, 7) is 6.80. The minimum atomic E-state index is -1.81. The summed E-state index contributed by atoms with van der Waals surface area (Å²) in [7, 11) is 0. The summed E-state index contributed by atoms with van der Waals surface area (Å²) in [6.07, 6.45) is 1.72. The fraction of sp³-hybridized carbons (Fsp3) is 0.588. The van der Waals surface area contributed by atoms with Crippen LogP contribution in [0.15, 0.2) is 12.1 Å². The van der Waals surface area contributed by atoms with Crippen LogP contribution in [0.4, 0.5) is 0 Å². The average molecular weight is 339 g/mol. The predicted octanol–water partition coefficient (Wildman–Crippen LogP) is 2.05. The number of aryl methyl sites for hydroxylation is 2. The lowest BCUT2D eigenvalue weighted by molar-refractivity contribution is -0.00203. The highest BCUT2D eigenvalue weighted by Gasteiger charge is 2.30. The lowest BCUT2D eigenvalue weighted by atomic mass is 9.92. The van der Waals surface area contributed by atoms with Gasteiger partial charge in [-0.05, 0) is 68.9 Å². The molecule has 128 valence electrons. The van der Waals surface area contributed by atoms with E-state index in [0.717, 1.165) is 16.7 Å². The molecule has 23 heavy (non-hydrogen) atoms. The summed E-state index contributed by atoms with van der Waals surface area (Å²) in [6, 6.07) is 3.72. The molecule has 1 aromatic carbocycles. The highest BCUT2D eigenvalue weighted by atomic mass is 32.2. The quantitative estimate of drug-likeness (QED) is 0.823. The van der Waals surface area contributed by atoms with Gasteiger partial charge in [-0.3, -0.25) is 4.79 Å². The summed E-state index contributed by atoms with van der Waals surface area (Å²) in [5.41, 5.74) is 2.96. The third-order valence-corrected chi connectivity index (χ3v) is 5.15. The number of amides is 1. The highest BCUT2D eigenvalue weighted by molar-refractivity contribution is 7.79. The van der Waals surface area contributed by atoms with Crippen LogP contribution < -0.4 is 0 Å². The molecule has 1 aliphatic heterocycles. The number of likely N-dealkylation sites (tertiary alicyclic amines) is 1. The van der Waals surface area contributed by atoms with Crippen LogP contribution in [0.1, 0.15) is 46.8 Å². The number of carbonyl (C=O) groups excluding carboxylic acids is 1. The number of piperidine rings is 1. The van der Waals surface area contributed by atoms with Crippen LogP contribution in [0.5, 0.6) is 0 Å². The molecule has 1 aromatic rings. The van der Waals surface area contributed by atoms with Gasteiger partial charge < -0.3 is 14.6 Å². The van der Waals surface area contributed by atoms with Crippen LogP contribution in [0.3, 0.4) is 0 Å². The van der Waals surface area contributed by atoms with Crippen LogP contribution in [0.2, 0.25) is 0 Å². The Morgan fingerprint density at radius 3 is 2.26 bits per heavy atom. The van der Waals surface area contributed by atoms with Gasteiger partial charge in [0.15, 0.2) is 11.1 Å². The maximum atomic E-state index is 12.6. The Morgan fingerprint density at radius 1 is 1.26 bits per heavy atom. The van der Waals surface area contributed by atoms with Crippen molar-refractivity contribution in [1.82, 2.24) is 4.90 Å². The van der Waals surface area contributed by atoms with Crippen molar-refractivity contribution < 1.29 is 18.7 Å². The lowest BCUT2D eigenvalue weighted by Gasteiger charge is -2.36. The smallest absolute Gasteiger partial charge is 0.253 e. The second kappa shape index (κ2) is 7.11. The zero-order valence-corrected chi connectivity index (χ0v) is 14.8. The van der Waals surface area contributed by atoms with Crippen LogP contribution in [-0.4, -0.2) is 49.1 Å². The largest absolute Gasteiger partial charge is 0.390 e. The van der Waals surface area contributed by atoms with Crippen molar-refractivity contribution in [2.45, 2.75) is 45.6 Å². The van der Waals surface area contributed by atoms with Crippen molar-refractivity contribution in [3.05, 3.63) is 34.4 Å². The molecular formula is C17H25NO4S. The van der Waals surface area contributed by atoms with Gasteiger partial charge in [-0.1, -0.05) is 0 Å². The SMILES string of the molecule is Cc1cc(C(=O)N2CCC(C)(O)CC2)cc(C)c1CCS(=O)O. The number of hydrogen-bond donors (Lipinski definition) is 2. The molecule has 5 nitrogen and oxygen atoms in total. The number of nitrogens with zero attached hydrogens (tertiary/aromatic N) is 1. The molecule has 1 heterocycles. The van der Waals surface area contributed by atoms with Gasteiger partial charge in [0.1, 0.15) is 0 Å². The molecule has 0 aliphatic carbocycles. The van der Waals surface area contributed by atoms with Gasteiger partial charge in [-0.2, -0.15) is 0 Å². The third-order valence-electron chi connectivity index (χ3n) is 4.60. The molecule has 0 saturated carbocycles. The molecule has 2 rings (SSSR count). The topological polar surface area (TPSA) is 77.8 Å². The Hall–Kier alpha value is -1.24. The summed E-state index contributed by atoms with van der Waals surface area (Å²) < 4.78 is 19.8. The molecule has 0 bridgehead atoms. The zero-order valence-electron chi connectivity index (χ0n) is 14.0. The first kappa shape index (κ1) is 18.1. The molecular weight excluding hydrogens is 314 g/mol. The third kappa shape index (κ3) is 4.62. The van der Waals surface area contributed by atoms with Gasteiger partial charge in [0, 0.05) is 18.7 Å². The standard InChI is InChI=1S/C17H25NO4S/c1-12-10-14(11-13(2)15(12)4-9-23(21)22)16(19)18-7-5-17(3,20)6-8-18/h10-11,20H,4-9H2,1-3H3,(H,21,22). The van der Waals surface area contributed by atoms with Crippen molar-refractivity contribution in [2.24, 2.45) is 0 Å². The van der Waals surface area contributed by atoms with Gasteiger partial charge in [-0.15, -0.1) is 0 Å². The minimum absolute atomic E-state index is 0.0102. The molecule has 0 radical (unpaired) electrons. The first-order valence-corrected chi connectivity index (χ1v) is 9.16. The van der Waals surface area contributed by atoms with Gasteiger partial charge in [0.05, 0.1) is 11.4 Å². The molecule has 1 fully saturated rings. The molecule has 0 aromatic heterocycles. The molecule has 1 unspecified atom stereocenters. The van der Waals surface area contributed by atoms with Crippen LogP contribution in [0, 0.1) is 13.8 Å². The Labute approximate surface area is 140 Å². The van der Waals surface area contributed by atoms with Gasteiger partial charge >= 0.3 is 0 Å². The van der Waals surface area contributed by atoms with E-state index in [1.54, 1.807) is 4.90 Å². The number of rotatable bonds is 4. The van der Waals surface area contributed by atoms with E-state index in [2.05, 4.69) is 0 Å². The Morgan fingerprint density at radius 2 is 1.78 bits per heavy atom. The van der Waals surface area contributed by atoms with Crippen molar-refractivity contribution >= 4 is 17.0 Å². The fourth-order valence-corrected chi connectivity index (χ4v) is 3.45. The Balaban J connectivity index is 2.14. The van der Waals surface area contributed by atoms with Crippen LogP contribution in [-0.2, 0) is 17.5 Å².